The van der Waals surface area contributed by atoms with Gasteiger partial charge in [-0.05, 0) is 18.1 Å². The van der Waals surface area contributed by atoms with E-state index in [-0.39, 0.29) is 8.80 Å². The third-order valence-corrected chi connectivity index (χ3v) is 4.04. The van der Waals surface area contributed by atoms with Crippen LogP contribution in [0.1, 0.15) is 11.1 Å². The van der Waals surface area contributed by atoms with Gasteiger partial charge in [0.2, 0.25) is 0 Å². The van der Waals surface area contributed by atoms with E-state index in [2.05, 4.69) is 38.2 Å². The predicted molar refractivity (Wildman–Crippen MR) is 57.9 cm³/mol. The van der Waals surface area contributed by atoms with E-state index in [1.54, 1.807) is 0 Å². The monoisotopic (exact) mass is 197 g/mol. The highest BCUT2D eigenvalue weighted by Gasteiger charge is 2.06. The van der Waals surface area contributed by atoms with Gasteiger partial charge < -0.3 is 0 Å². The number of halogens is 1. The highest BCUT2D eigenvalue weighted by molar-refractivity contribution is 6.71. The first kappa shape index (κ1) is 9.81. The molecule has 1 rings (SSSR count). The molecule has 0 unspecified atom stereocenters. The topological polar surface area (TPSA) is 0 Å². The molecule has 0 heterocycles. The first-order chi connectivity index (χ1) is 5.66. The number of hydrogen-bond acceptors (Lipinski definition) is 0. The van der Waals surface area contributed by atoms with Gasteiger partial charge in [-0.3, -0.25) is 0 Å². The fourth-order valence-electron chi connectivity index (χ4n) is 1.37. The van der Waals surface area contributed by atoms with Crippen molar-refractivity contribution in [2.75, 3.05) is 0 Å². The van der Waals surface area contributed by atoms with Gasteiger partial charge in [-0.25, -0.2) is 0 Å². The van der Waals surface area contributed by atoms with Crippen LogP contribution in [0.2, 0.25) is 13.1 Å². The lowest BCUT2D eigenvalue weighted by Gasteiger charge is -2.10. The van der Waals surface area contributed by atoms with E-state index in [1.165, 1.54) is 16.3 Å². The molecule has 1 aromatic carbocycles. The maximum absolute atomic E-state index is 5.82. The molecule has 0 aliphatic rings. The zero-order valence-electron chi connectivity index (χ0n) is 7.82. The Labute approximate surface area is 81.2 Å². The van der Waals surface area contributed by atoms with Crippen molar-refractivity contribution in [3.63, 3.8) is 0 Å². The first-order valence-corrected chi connectivity index (χ1v) is 7.15. The van der Waals surface area contributed by atoms with Crippen LogP contribution in [0, 0.1) is 6.92 Å². The summed E-state index contributed by atoms with van der Waals surface area (Å²) >= 11 is 5.82. The van der Waals surface area contributed by atoms with Gasteiger partial charge in [0.05, 0.1) is 8.80 Å². The minimum atomic E-state index is -0.333. The summed E-state index contributed by atoms with van der Waals surface area (Å²) < 4.78 is 0. The second-order valence-corrected chi connectivity index (χ2v) is 6.03. The van der Waals surface area contributed by atoms with Crippen LogP contribution in [0.25, 0.3) is 0 Å². The minimum absolute atomic E-state index is 0.333. The Morgan fingerprint density at radius 1 is 1.33 bits per heavy atom. The quantitative estimate of drug-likeness (QED) is 0.505. The molecule has 12 heavy (non-hydrogen) atoms. The van der Waals surface area contributed by atoms with Gasteiger partial charge in [-0.1, -0.05) is 36.5 Å². The summed E-state index contributed by atoms with van der Waals surface area (Å²) in [5.41, 5.74) is 2.67. The van der Waals surface area contributed by atoms with Gasteiger partial charge in [-0.2, -0.15) is 0 Å². The third kappa shape index (κ3) is 1.90. The summed E-state index contributed by atoms with van der Waals surface area (Å²) in [6.45, 7) is 6.79. The Kier molecular flexibility index (Phi) is 3.36. The standard InChI is InChI=1S/C10H14ClSi/c1-8-9(7-11)5-4-6-10(8)12(2)3/h4-6H,7H2,1-3H3. The SMILES string of the molecule is Cc1c(CCl)cccc1[Si](C)C. The molecule has 0 aromatic heterocycles. The van der Waals surface area contributed by atoms with Crippen molar-refractivity contribution in [2.45, 2.75) is 25.9 Å². The van der Waals surface area contributed by atoms with Crippen LogP contribution < -0.4 is 5.19 Å². The van der Waals surface area contributed by atoms with Crippen LogP contribution in [-0.2, 0) is 5.88 Å². The molecule has 0 amide bonds. The second kappa shape index (κ2) is 4.10. The van der Waals surface area contributed by atoms with Crippen LogP contribution in [0.3, 0.4) is 0 Å². The van der Waals surface area contributed by atoms with E-state index >= 15 is 0 Å². The Hall–Kier alpha value is -0.273. The van der Waals surface area contributed by atoms with Crippen LogP contribution in [0.15, 0.2) is 18.2 Å². The Balaban J connectivity index is 3.14. The van der Waals surface area contributed by atoms with Crippen molar-refractivity contribution in [1.29, 1.82) is 0 Å². The van der Waals surface area contributed by atoms with Crippen LogP contribution in [-0.4, -0.2) is 8.80 Å². The van der Waals surface area contributed by atoms with Crippen LogP contribution in [0.5, 0.6) is 0 Å². The molecular formula is C10H14ClSi. The van der Waals surface area contributed by atoms with Gasteiger partial charge in [0, 0.05) is 5.88 Å². The molecule has 0 aliphatic carbocycles. The first-order valence-electron chi connectivity index (χ1n) is 4.11. The Morgan fingerprint density at radius 2 is 2.00 bits per heavy atom. The van der Waals surface area contributed by atoms with Gasteiger partial charge in [0.25, 0.3) is 0 Å². The highest BCUT2D eigenvalue weighted by atomic mass is 35.5. The van der Waals surface area contributed by atoms with E-state index in [0.717, 1.165) is 0 Å². The van der Waals surface area contributed by atoms with Crippen molar-refractivity contribution in [1.82, 2.24) is 0 Å². The van der Waals surface area contributed by atoms with Gasteiger partial charge in [0.15, 0.2) is 0 Å². The molecule has 2 heteroatoms. The molecule has 0 spiro atoms. The zero-order chi connectivity index (χ0) is 9.14. The fraction of sp³-hybridized carbons (Fsp3) is 0.400. The van der Waals surface area contributed by atoms with Crippen molar-refractivity contribution >= 4 is 25.6 Å². The van der Waals surface area contributed by atoms with Crippen molar-refractivity contribution in [3.8, 4) is 0 Å². The molecule has 0 N–H and O–H groups in total. The predicted octanol–water partition coefficient (Wildman–Crippen LogP) is 2.70. The highest BCUT2D eigenvalue weighted by Crippen LogP contribution is 2.08. The summed E-state index contributed by atoms with van der Waals surface area (Å²) in [7, 11) is -0.333. The summed E-state index contributed by atoms with van der Waals surface area (Å²) in [6.07, 6.45) is 0. The van der Waals surface area contributed by atoms with E-state index < -0.39 is 0 Å². The summed E-state index contributed by atoms with van der Waals surface area (Å²) in [5.74, 6) is 0.634. The number of alkyl halides is 1. The summed E-state index contributed by atoms with van der Waals surface area (Å²) in [6, 6.07) is 6.44. The minimum Gasteiger partial charge on any atom is -0.122 e. The molecule has 0 fully saturated rings. The molecular weight excluding hydrogens is 184 g/mol. The summed E-state index contributed by atoms with van der Waals surface area (Å²) in [5, 5.41) is 1.51. The summed E-state index contributed by atoms with van der Waals surface area (Å²) in [4.78, 5) is 0. The molecule has 0 bridgehead atoms. The lowest BCUT2D eigenvalue weighted by atomic mass is 10.1. The number of hydrogen-bond donors (Lipinski definition) is 0. The number of benzene rings is 1. The van der Waals surface area contributed by atoms with Gasteiger partial charge >= 0.3 is 0 Å². The average molecular weight is 198 g/mol. The van der Waals surface area contributed by atoms with Crippen LogP contribution >= 0.6 is 11.6 Å². The largest absolute Gasteiger partial charge is 0.122 e. The lowest BCUT2D eigenvalue weighted by Crippen LogP contribution is -2.26. The average Bonchev–Trinajstić information content (AvgIpc) is 2.04. The fourth-order valence-corrected chi connectivity index (χ4v) is 3.00. The molecule has 65 valence electrons. The maximum Gasteiger partial charge on any atom is 0.0795 e. The maximum atomic E-state index is 5.82. The molecule has 0 atom stereocenters. The van der Waals surface area contributed by atoms with Crippen molar-refractivity contribution < 1.29 is 0 Å². The molecule has 1 radical (unpaired) electrons. The van der Waals surface area contributed by atoms with E-state index in [9.17, 15) is 0 Å². The smallest absolute Gasteiger partial charge is 0.0795 e. The molecule has 0 saturated carbocycles. The van der Waals surface area contributed by atoms with Crippen molar-refractivity contribution in [3.05, 3.63) is 29.3 Å². The third-order valence-electron chi connectivity index (χ3n) is 2.13. The normalized spacial score (nSPS) is 10.8. The van der Waals surface area contributed by atoms with Gasteiger partial charge in [-0.15, -0.1) is 11.6 Å². The Morgan fingerprint density at radius 3 is 2.50 bits per heavy atom. The lowest BCUT2D eigenvalue weighted by molar-refractivity contribution is 1.32. The number of rotatable bonds is 2. The molecule has 0 saturated heterocycles. The van der Waals surface area contributed by atoms with E-state index in [0.29, 0.717) is 5.88 Å². The molecule has 0 nitrogen and oxygen atoms in total. The zero-order valence-corrected chi connectivity index (χ0v) is 9.57. The van der Waals surface area contributed by atoms with Gasteiger partial charge in [0.1, 0.15) is 0 Å². The molecule has 1 aromatic rings. The van der Waals surface area contributed by atoms with E-state index in [1.807, 2.05) is 0 Å². The molecule has 0 aliphatic heterocycles. The van der Waals surface area contributed by atoms with E-state index in [4.69, 9.17) is 11.6 Å². The van der Waals surface area contributed by atoms with Crippen molar-refractivity contribution in [2.24, 2.45) is 0 Å². The Bertz CT molecular complexity index is 269. The van der Waals surface area contributed by atoms with Crippen LogP contribution in [0.4, 0.5) is 0 Å². The second-order valence-electron chi connectivity index (χ2n) is 3.22.